The molecule has 0 unspecified atom stereocenters. The van der Waals surface area contributed by atoms with Gasteiger partial charge in [-0.2, -0.15) is 0 Å². The minimum absolute atomic E-state index is 0.113. The largest absolute Gasteiger partial charge is 0.452 e. The van der Waals surface area contributed by atoms with Crippen LogP contribution in [-0.4, -0.2) is 35.3 Å². The highest BCUT2D eigenvalue weighted by Crippen LogP contribution is 2.20. The fourth-order valence-corrected chi connectivity index (χ4v) is 2.43. The standard InChI is InChI=1S/C19H15N3O5/c1-12-4-3-9-20-18(12)21-15(23)11-27-19(26)13-5-2-6-14(10-13)22-16(24)7-8-17(22)25/h2-10H,11H2,1H3,(H,20,21,23). The van der Waals surface area contributed by atoms with Crippen molar-refractivity contribution >= 4 is 35.2 Å². The maximum absolute atomic E-state index is 12.2. The van der Waals surface area contributed by atoms with Gasteiger partial charge in [-0.1, -0.05) is 12.1 Å². The number of esters is 1. The first kappa shape index (κ1) is 18.0. The van der Waals surface area contributed by atoms with Crippen LogP contribution in [0.5, 0.6) is 0 Å². The molecule has 1 aromatic heterocycles. The van der Waals surface area contributed by atoms with Gasteiger partial charge >= 0.3 is 5.97 Å². The number of aromatic nitrogens is 1. The zero-order valence-electron chi connectivity index (χ0n) is 14.3. The summed E-state index contributed by atoms with van der Waals surface area (Å²) in [5.74, 6) is -1.88. The topological polar surface area (TPSA) is 106 Å². The van der Waals surface area contributed by atoms with E-state index in [2.05, 4.69) is 10.3 Å². The van der Waals surface area contributed by atoms with Gasteiger partial charge in [-0.05, 0) is 36.8 Å². The molecular weight excluding hydrogens is 350 g/mol. The number of hydrogen-bond acceptors (Lipinski definition) is 6. The molecule has 3 amide bonds. The molecule has 0 saturated carbocycles. The average Bonchev–Trinajstić information content (AvgIpc) is 3.00. The van der Waals surface area contributed by atoms with E-state index in [0.717, 1.165) is 22.6 Å². The molecule has 0 bridgehead atoms. The third-order valence-corrected chi connectivity index (χ3v) is 3.75. The quantitative estimate of drug-likeness (QED) is 0.637. The Morgan fingerprint density at radius 3 is 2.56 bits per heavy atom. The fraction of sp³-hybridized carbons (Fsp3) is 0.105. The van der Waals surface area contributed by atoms with Gasteiger partial charge in [0.1, 0.15) is 5.82 Å². The van der Waals surface area contributed by atoms with E-state index < -0.39 is 30.3 Å². The number of carbonyl (C=O) groups is 4. The first-order chi connectivity index (χ1) is 13.0. The number of nitrogens with one attached hydrogen (secondary N) is 1. The molecule has 1 N–H and O–H groups in total. The second kappa shape index (κ2) is 7.61. The molecule has 0 radical (unpaired) electrons. The number of pyridine rings is 1. The maximum Gasteiger partial charge on any atom is 0.338 e. The Balaban J connectivity index is 1.62. The first-order valence-corrected chi connectivity index (χ1v) is 8.00. The van der Waals surface area contributed by atoms with E-state index in [1.54, 1.807) is 19.1 Å². The second-order valence-corrected chi connectivity index (χ2v) is 5.69. The van der Waals surface area contributed by atoms with E-state index in [1.807, 2.05) is 0 Å². The van der Waals surface area contributed by atoms with Crippen LogP contribution in [0.15, 0.2) is 54.7 Å². The molecule has 0 fully saturated rings. The van der Waals surface area contributed by atoms with E-state index in [4.69, 9.17) is 4.74 Å². The molecule has 0 atom stereocenters. The van der Waals surface area contributed by atoms with Crippen molar-refractivity contribution in [2.75, 3.05) is 16.8 Å². The molecule has 2 heterocycles. The Bertz CT molecular complexity index is 949. The van der Waals surface area contributed by atoms with Crippen LogP contribution in [0.1, 0.15) is 15.9 Å². The van der Waals surface area contributed by atoms with Gasteiger partial charge in [-0.15, -0.1) is 0 Å². The van der Waals surface area contributed by atoms with Crippen molar-refractivity contribution in [2.45, 2.75) is 6.92 Å². The van der Waals surface area contributed by atoms with Crippen molar-refractivity contribution in [1.82, 2.24) is 4.98 Å². The van der Waals surface area contributed by atoms with Crippen molar-refractivity contribution in [3.63, 3.8) is 0 Å². The third-order valence-electron chi connectivity index (χ3n) is 3.75. The molecular formula is C19H15N3O5. The van der Waals surface area contributed by atoms with E-state index >= 15 is 0 Å². The lowest BCUT2D eigenvalue weighted by Gasteiger charge is -2.14. The van der Waals surface area contributed by atoms with Gasteiger partial charge in [-0.3, -0.25) is 14.4 Å². The van der Waals surface area contributed by atoms with Crippen LogP contribution in [0.4, 0.5) is 11.5 Å². The first-order valence-electron chi connectivity index (χ1n) is 8.00. The Morgan fingerprint density at radius 1 is 1.11 bits per heavy atom. The van der Waals surface area contributed by atoms with Crippen LogP contribution in [-0.2, 0) is 19.1 Å². The molecule has 1 aliphatic heterocycles. The molecule has 0 saturated heterocycles. The van der Waals surface area contributed by atoms with Gasteiger partial charge in [0, 0.05) is 18.3 Å². The number of ether oxygens (including phenoxy) is 1. The second-order valence-electron chi connectivity index (χ2n) is 5.69. The van der Waals surface area contributed by atoms with Crippen LogP contribution in [0, 0.1) is 6.92 Å². The summed E-state index contributed by atoms with van der Waals surface area (Å²) in [6.07, 6.45) is 3.84. The van der Waals surface area contributed by atoms with Gasteiger partial charge in [0.15, 0.2) is 6.61 Å². The maximum atomic E-state index is 12.2. The van der Waals surface area contributed by atoms with Crippen LogP contribution < -0.4 is 10.2 Å². The number of imide groups is 1. The molecule has 8 heteroatoms. The number of hydrogen-bond donors (Lipinski definition) is 1. The normalized spacial score (nSPS) is 13.0. The summed E-state index contributed by atoms with van der Waals surface area (Å²) in [6, 6.07) is 9.38. The van der Waals surface area contributed by atoms with E-state index in [9.17, 15) is 19.2 Å². The Hall–Kier alpha value is -3.81. The lowest BCUT2D eigenvalue weighted by atomic mass is 10.2. The van der Waals surface area contributed by atoms with E-state index in [0.29, 0.717) is 5.82 Å². The number of anilines is 2. The Kier molecular flexibility index (Phi) is 5.07. The number of rotatable bonds is 5. The summed E-state index contributed by atoms with van der Waals surface area (Å²) in [5.41, 5.74) is 1.14. The fourth-order valence-electron chi connectivity index (χ4n) is 2.43. The van der Waals surface area contributed by atoms with Crippen LogP contribution in [0.25, 0.3) is 0 Å². The lowest BCUT2D eigenvalue weighted by molar-refractivity contribution is -0.120. The number of nitrogens with zero attached hydrogens (tertiary/aromatic N) is 2. The molecule has 1 aromatic carbocycles. The van der Waals surface area contributed by atoms with Crippen molar-refractivity contribution in [2.24, 2.45) is 0 Å². The number of benzene rings is 1. The summed E-state index contributed by atoms with van der Waals surface area (Å²) in [7, 11) is 0. The van der Waals surface area contributed by atoms with E-state index in [1.165, 1.54) is 30.5 Å². The monoisotopic (exact) mass is 365 g/mol. The van der Waals surface area contributed by atoms with Gasteiger partial charge in [0.2, 0.25) is 0 Å². The van der Waals surface area contributed by atoms with Gasteiger partial charge in [-0.25, -0.2) is 14.7 Å². The molecule has 2 aromatic rings. The highest BCUT2D eigenvalue weighted by Gasteiger charge is 2.25. The smallest absolute Gasteiger partial charge is 0.338 e. The molecule has 3 rings (SSSR count). The van der Waals surface area contributed by atoms with Crippen LogP contribution in [0.2, 0.25) is 0 Å². The molecule has 0 aliphatic carbocycles. The van der Waals surface area contributed by atoms with E-state index in [-0.39, 0.29) is 11.3 Å². The molecule has 8 nitrogen and oxygen atoms in total. The number of aryl methyl sites for hydroxylation is 1. The zero-order chi connectivity index (χ0) is 19.4. The number of carbonyl (C=O) groups excluding carboxylic acids is 4. The van der Waals surface area contributed by atoms with Gasteiger partial charge < -0.3 is 10.1 Å². The number of amides is 3. The van der Waals surface area contributed by atoms with Gasteiger partial charge in [0.25, 0.3) is 17.7 Å². The third kappa shape index (κ3) is 4.06. The minimum atomic E-state index is -0.753. The minimum Gasteiger partial charge on any atom is -0.452 e. The molecule has 1 aliphatic rings. The summed E-state index contributed by atoms with van der Waals surface area (Å²) in [4.78, 5) is 52.5. The van der Waals surface area contributed by atoms with Crippen molar-refractivity contribution in [3.05, 3.63) is 65.9 Å². The summed E-state index contributed by atoms with van der Waals surface area (Å²) < 4.78 is 4.99. The lowest BCUT2D eigenvalue weighted by Crippen LogP contribution is -2.29. The predicted octanol–water partition coefficient (Wildman–Crippen LogP) is 1.61. The van der Waals surface area contributed by atoms with Gasteiger partial charge in [0.05, 0.1) is 11.3 Å². The Morgan fingerprint density at radius 2 is 1.85 bits per heavy atom. The summed E-state index contributed by atoms with van der Waals surface area (Å²) in [5, 5.41) is 2.55. The average molecular weight is 365 g/mol. The van der Waals surface area contributed by atoms with Crippen LogP contribution >= 0.6 is 0 Å². The molecule has 136 valence electrons. The SMILES string of the molecule is Cc1cccnc1NC(=O)COC(=O)c1cccc(N2C(=O)C=CC2=O)c1. The summed E-state index contributed by atoms with van der Waals surface area (Å²) in [6.45, 7) is 1.29. The van der Waals surface area contributed by atoms with Crippen molar-refractivity contribution < 1.29 is 23.9 Å². The van der Waals surface area contributed by atoms with Crippen molar-refractivity contribution in [3.8, 4) is 0 Å². The van der Waals surface area contributed by atoms with Crippen molar-refractivity contribution in [1.29, 1.82) is 0 Å². The Labute approximate surface area is 154 Å². The summed E-state index contributed by atoms with van der Waals surface area (Å²) >= 11 is 0. The molecule has 0 spiro atoms. The van der Waals surface area contributed by atoms with Crippen LogP contribution in [0.3, 0.4) is 0 Å². The zero-order valence-corrected chi connectivity index (χ0v) is 14.3. The molecule has 27 heavy (non-hydrogen) atoms. The highest BCUT2D eigenvalue weighted by atomic mass is 16.5. The highest BCUT2D eigenvalue weighted by molar-refractivity contribution is 6.28. The predicted molar refractivity (Wildman–Crippen MR) is 96.0 cm³/mol.